The molecule has 0 fully saturated rings. The lowest BCUT2D eigenvalue weighted by Crippen LogP contribution is -2.53. The minimum atomic E-state index is -0.378. The Kier molecular flexibility index (Phi) is 6.01. The summed E-state index contributed by atoms with van der Waals surface area (Å²) in [6.45, 7) is 14.5. The van der Waals surface area contributed by atoms with Crippen LogP contribution in [0.2, 0.25) is 0 Å². The topological polar surface area (TPSA) is 37.4 Å². The molecular weight excluding hydrogens is 360 g/mol. The highest BCUT2D eigenvalue weighted by Crippen LogP contribution is 2.40. The molecule has 0 saturated heterocycles. The number of halogens is 1. The highest BCUT2D eigenvalue weighted by molar-refractivity contribution is 14.1. The molecule has 0 heterocycles. The van der Waals surface area contributed by atoms with E-state index in [0.29, 0.717) is 9.26 Å². The minimum absolute atomic E-state index is 0.00239. The van der Waals surface area contributed by atoms with Crippen LogP contribution in [-0.2, 0) is 0 Å². The molecular formula is C13H23INO2P. The Morgan fingerprint density at radius 1 is 1.00 bits per heavy atom. The molecule has 3 nitrogen and oxygen atoms in total. The van der Waals surface area contributed by atoms with Crippen molar-refractivity contribution in [2.24, 2.45) is 5.41 Å². The van der Waals surface area contributed by atoms with Gasteiger partial charge in [-0.05, 0) is 51.2 Å². The molecule has 0 aliphatic carbocycles. The number of hydrogen-bond donors (Lipinski definition) is 0. The molecule has 0 aliphatic heterocycles. The van der Waals surface area contributed by atoms with Crippen LogP contribution in [-0.4, -0.2) is 5.54 Å². The van der Waals surface area contributed by atoms with Crippen LogP contribution >= 0.6 is 32.0 Å². The Balaban J connectivity index is 0.00000137. The van der Waals surface area contributed by atoms with Crippen molar-refractivity contribution in [3.8, 4) is 0 Å². The van der Waals surface area contributed by atoms with Crippen molar-refractivity contribution in [1.82, 2.24) is 0 Å². The van der Waals surface area contributed by atoms with Gasteiger partial charge in [-0.25, -0.2) is 0 Å². The first-order chi connectivity index (χ1) is 8.01. The van der Waals surface area contributed by atoms with E-state index in [1.54, 1.807) is 0 Å². The summed E-state index contributed by atoms with van der Waals surface area (Å²) in [4.78, 5) is 22.7. The monoisotopic (exact) mass is 383 g/mol. The molecule has 0 N–H and O–H groups in total. The molecule has 0 bridgehead atoms. The minimum Gasteiger partial charge on any atom is -0.346 e. The summed E-state index contributed by atoms with van der Waals surface area (Å²) >= 11 is 1.93. The number of hydrogen-bond acceptors (Lipinski definition) is 3. The van der Waals surface area contributed by atoms with Gasteiger partial charge in [-0.15, -0.1) is 0 Å². The number of rotatable bonds is 2. The quantitative estimate of drug-likeness (QED) is 0.447. The van der Waals surface area contributed by atoms with E-state index < -0.39 is 0 Å². The van der Waals surface area contributed by atoms with Gasteiger partial charge >= 0.3 is 0 Å². The molecule has 1 rings (SSSR count). The Hall–Kier alpha value is 0.0400. The maximum atomic E-state index is 11.5. The molecule has 0 amide bonds. The van der Waals surface area contributed by atoms with Gasteiger partial charge in [-0.1, -0.05) is 34.6 Å². The fraction of sp³-hybridized carbons (Fsp3) is 0.692. The van der Waals surface area contributed by atoms with Crippen molar-refractivity contribution in [1.29, 1.82) is 0 Å². The van der Waals surface area contributed by atoms with E-state index in [1.165, 1.54) is 0 Å². The van der Waals surface area contributed by atoms with Crippen LogP contribution in [0.15, 0.2) is 9.59 Å². The van der Waals surface area contributed by atoms with Gasteiger partial charge in [0, 0.05) is 5.54 Å². The van der Waals surface area contributed by atoms with E-state index in [4.69, 9.17) is 0 Å². The summed E-state index contributed by atoms with van der Waals surface area (Å²) in [5.74, 6) is 0. The molecule has 1 aromatic rings. The summed E-state index contributed by atoms with van der Waals surface area (Å²) in [6, 6.07) is 0. The second kappa shape index (κ2) is 6.00. The highest BCUT2D eigenvalue weighted by Gasteiger charge is 2.40. The first-order valence-corrected chi connectivity index (χ1v) is 7.65. The SMILES string of the molecule is CC.CC(C)(C)C(C)(C)N(P)c1c(I)c(=O)c1=O. The van der Waals surface area contributed by atoms with Gasteiger partial charge in [0.05, 0.1) is 3.57 Å². The molecule has 0 radical (unpaired) electrons. The highest BCUT2D eigenvalue weighted by atomic mass is 127. The van der Waals surface area contributed by atoms with Crippen LogP contribution in [0.5, 0.6) is 0 Å². The third-order valence-corrected chi connectivity index (χ3v) is 5.41. The maximum Gasteiger partial charge on any atom is 0.251 e. The van der Waals surface area contributed by atoms with E-state index in [0.717, 1.165) is 0 Å². The largest absolute Gasteiger partial charge is 0.346 e. The Labute approximate surface area is 125 Å². The zero-order valence-corrected chi connectivity index (χ0v) is 15.5. The molecule has 104 valence electrons. The summed E-state index contributed by atoms with van der Waals surface area (Å²) < 4.78 is 2.38. The number of nitrogens with zero attached hydrogens (tertiary/aromatic N) is 1. The average molecular weight is 383 g/mol. The van der Waals surface area contributed by atoms with Crippen molar-refractivity contribution in [2.75, 3.05) is 4.67 Å². The van der Waals surface area contributed by atoms with E-state index in [1.807, 2.05) is 41.1 Å². The molecule has 1 aromatic carbocycles. The van der Waals surface area contributed by atoms with E-state index in [9.17, 15) is 9.59 Å². The lowest BCUT2D eigenvalue weighted by molar-refractivity contribution is 0.237. The zero-order valence-electron chi connectivity index (χ0n) is 12.2. The third-order valence-electron chi connectivity index (χ3n) is 3.51. The van der Waals surface area contributed by atoms with Gasteiger partial charge < -0.3 is 4.67 Å². The molecule has 5 heteroatoms. The lowest BCUT2D eigenvalue weighted by Gasteiger charge is -2.47. The fourth-order valence-electron chi connectivity index (χ4n) is 1.21. The first kappa shape index (κ1) is 18.0. The van der Waals surface area contributed by atoms with Crippen molar-refractivity contribution >= 4 is 37.7 Å². The summed E-state index contributed by atoms with van der Waals surface area (Å²) in [5, 5.41) is 0. The standard InChI is InChI=1S/C11H17INO2P.C2H6/c1-10(2,3)11(4,5)13(16)7-6(12)8(14)9(7)15;1-2/h16H2,1-5H3;1-2H3. The van der Waals surface area contributed by atoms with Gasteiger partial charge in [0.25, 0.3) is 5.43 Å². The van der Waals surface area contributed by atoms with Crippen molar-refractivity contribution in [3.05, 3.63) is 24.0 Å². The second-order valence-corrected chi connectivity index (χ2v) is 7.10. The van der Waals surface area contributed by atoms with Crippen LogP contribution in [0.4, 0.5) is 5.69 Å². The van der Waals surface area contributed by atoms with Gasteiger partial charge in [0.15, 0.2) is 0 Å². The lowest BCUT2D eigenvalue weighted by atomic mass is 9.76. The smallest absolute Gasteiger partial charge is 0.251 e. The first-order valence-electron chi connectivity index (χ1n) is 6.05. The Bertz CT molecular complexity index is 482. The predicted octanol–water partition coefficient (Wildman–Crippen LogP) is 3.33. The summed E-state index contributed by atoms with van der Waals surface area (Å²) in [5.41, 5.74) is -0.447. The molecule has 0 aromatic heterocycles. The van der Waals surface area contributed by atoms with Crippen LogP contribution in [0.1, 0.15) is 48.5 Å². The van der Waals surface area contributed by atoms with Crippen molar-refractivity contribution in [3.63, 3.8) is 0 Å². The Morgan fingerprint density at radius 3 is 1.67 bits per heavy atom. The summed E-state index contributed by atoms with van der Waals surface area (Å²) in [6.07, 6.45) is 0. The van der Waals surface area contributed by atoms with Gasteiger partial charge in [-0.2, -0.15) is 0 Å². The number of anilines is 1. The zero-order chi connectivity index (χ0) is 14.9. The maximum absolute atomic E-state index is 11.5. The van der Waals surface area contributed by atoms with Crippen LogP contribution in [0.25, 0.3) is 0 Å². The average Bonchev–Trinajstić information content (AvgIpc) is 2.29. The van der Waals surface area contributed by atoms with Gasteiger partial charge in [-0.3, -0.25) is 9.59 Å². The van der Waals surface area contributed by atoms with Crippen LogP contribution in [0, 0.1) is 8.99 Å². The van der Waals surface area contributed by atoms with E-state index in [2.05, 4.69) is 44.0 Å². The normalized spacial score (nSPS) is 12.1. The van der Waals surface area contributed by atoms with Crippen LogP contribution < -0.4 is 15.5 Å². The van der Waals surface area contributed by atoms with Gasteiger partial charge in [0.2, 0.25) is 5.43 Å². The molecule has 0 aliphatic rings. The molecule has 1 atom stereocenters. The second-order valence-electron chi connectivity index (χ2n) is 5.50. The van der Waals surface area contributed by atoms with E-state index in [-0.39, 0.29) is 21.8 Å². The molecule has 1 unspecified atom stereocenters. The van der Waals surface area contributed by atoms with E-state index >= 15 is 0 Å². The van der Waals surface area contributed by atoms with Crippen molar-refractivity contribution in [2.45, 2.75) is 54.0 Å². The third kappa shape index (κ3) is 2.96. The molecule has 18 heavy (non-hydrogen) atoms. The molecule has 0 saturated carbocycles. The Morgan fingerprint density at radius 2 is 1.39 bits per heavy atom. The van der Waals surface area contributed by atoms with Gasteiger partial charge in [0.1, 0.15) is 5.69 Å². The van der Waals surface area contributed by atoms with Crippen molar-refractivity contribution < 1.29 is 0 Å². The summed E-state index contributed by atoms with van der Waals surface area (Å²) in [7, 11) is 2.56. The fourth-order valence-corrected chi connectivity index (χ4v) is 2.85. The molecule has 0 spiro atoms. The van der Waals surface area contributed by atoms with Crippen LogP contribution in [0.3, 0.4) is 0 Å². The predicted molar refractivity (Wildman–Crippen MR) is 91.1 cm³/mol.